The maximum absolute atomic E-state index is 12.7. The van der Waals surface area contributed by atoms with Gasteiger partial charge >= 0.3 is 0 Å². The van der Waals surface area contributed by atoms with Crippen molar-refractivity contribution in [2.75, 3.05) is 0 Å². The predicted octanol–water partition coefficient (Wildman–Crippen LogP) is 4.81. The van der Waals surface area contributed by atoms with Crippen LogP contribution in [0.2, 0.25) is 0 Å². The number of rotatable bonds is 5. The van der Waals surface area contributed by atoms with Crippen molar-refractivity contribution >= 4 is 16.6 Å². The zero-order chi connectivity index (χ0) is 15.4. The Morgan fingerprint density at radius 2 is 1.77 bits per heavy atom. The van der Waals surface area contributed by atoms with Gasteiger partial charge in [0.25, 0.3) is 0 Å². The quantitative estimate of drug-likeness (QED) is 0.631. The van der Waals surface area contributed by atoms with Crippen LogP contribution in [0.15, 0.2) is 60.8 Å². The zero-order valence-electron chi connectivity index (χ0n) is 12.8. The Morgan fingerprint density at radius 3 is 2.55 bits per heavy atom. The maximum atomic E-state index is 12.7. The first-order chi connectivity index (χ1) is 10.8. The van der Waals surface area contributed by atoms with Crippen LogP contribution in [0.4, 0.5) is 0 Å². The van der Waals surface area contributed by atoms with Gasteiger partial charge in [-0.3, -0.25) is 9.78 Å². The van der Waals surface area contributed by atoms with E-state index >= 15 is 0 Å². The third-order valence-corrected chi connectivity index (χ3v) is 3.92. The van der Waals surface area contributed by atoms with Crippen LogP contribution in [0.1, 0.15) is 41.4 Å². The molecular weight excluding hydrogens is 270 g/mol. The van der Waals surface area contributed by atoms with Gasteiger partial charge in [-0.15, -0.1) is 0 Å². The smallest absolute Gasteiger partial charge is 0.211 e. The molecular formula is C20H19NO. The van der Waals surface area contributed by atoms with E-state index in [4.69, 9.17) is 0 Å². The molecule has 3 aromatic rings. The molecule has 1 heterocycles. The van der Waals surface area contributed by atoms with Gasteiger partial charge < -0.3 is 0 Å². The van der Waals surface area contributed by atoms with Crippen molar-refractivity contribution in [2.45, 2.75) is 26.2 Å². The molecule has 0 saturated heterocycles. The van der Waals surface area contributed by atoms with Gasteiger partial charge in [-0.25, -0.2) is 0 Å². The van der Waals surface area contributed by atoms with E-state index in [1.54, 1.807) is 6.20 Å². The normalized spacial score (nSPS) is 10.8. The maximum Gasteiger partial charge on any atom is 0.211 e. The number of aromatic nitrogens is 1. The van der Waals surface area contributed by atoms with E-state index in [1.807, 2.05) is 54.6 Å². The predicted molar refractivity (Wildman–Crippen MR) is 90.2 cm³/mol. The number of ketones is 1. The lowest BCUT2D eigenvalue weighted by molar-refractivity contribution is 0.103. The van der Waals surface area contributed by atoms with Crippen molar-refractivity contribution in [3.63, 3.8) is 0 Å². The fourth-order valence-corrected chi connectivity index (χ4v) is 2.64. The highest BCUT2D eigenvalue weighted by Crippen LogP contribution is 2.19. The summed E-state index contributed by atoms with van der Waals surface area (Å²) in [5.41, 5.74) is 2.51. The molecule has 2 aromatic carbocycles. The van der Waals surface area contributed by atoms with Gasteiger partial charge in [-0.1, -0.05) is 61.9 Å². The number of pyridine rings is 1. The van der Waals surface area contributed by atoms with Gasteiger partial charge in [0.15, 0.2) is 0 Å². The van der Waals surface area contributed by atoms with E-state index in [0.29, 0.717) is 11.3 Å². The van der Waals surface area contributed by atoms with E-state index < -0.39 is 0 Å². The minimum Gasteiger partial charge on any atom is -0.287 e. The molecule has 1 aromatic heterocycles. The Kier molecular flexibility index (Phi) is 4.29. The average molecular weight is 289 g/mol. The van der Waals surface area contributed by atoms with E-state index in [9.17, 15) is 4.79 Å². The Hall–Kier alpha value is -2.48. The van der Waals surface area contributed by atoms with E-state index in [1.165, 1.54) is 18.4 Å². The SMILES string of the molecule is CCCCc1ccc(C(=O)c2nccc3ccccc23)cc1. The Bertz CT molecular complexity index is 785. The summed E-state index contributed by atoms with van der Waals surface area (Å²) in [6.45, 7) is 2.18. The molecule has 0 aliphatic carbocycles. The summed E-state index contributed by atoms with van der Waals surface area (Å²) in [7, 11) is 0. The molecule has 3 rings (SSSR count). The van der Waals surface area contributed by atoms with Gasteiger partial charge in [0, 0.05) is 17.1 Å². The van der Waals surface area contributed by atoms with Gasteiger partial charge in [-0.2, -0.15) is 0 Å². The van der Waals surface area contributed by atoms with Crippen molar-refractivity contribution < 1.29 is 4.79 Å². The molecule has 0 aliphatic heterocycles. The first-order valence-corrected chi connectivity index (χ1v) is 7.77. The minimum absolute atomic E-state index is 0.0150. The molecule has 22 heavy (non-hydrogen) atoms. The summed E-state index contributed by atoms with van der Waals surface area (Å²) in [4.78, 5) is 17.0. The molecule has 2 nitrogen and oxygen atoms in total. The number of benzene rings is 2. The fraction of sp³-hybridized carbons (Fsp3) is 0.200. The van der Waals surface area contributed by atoms with Crippen molar-refractivity contribution in [3.8, 4) is 0 Å². The molecule has 0 N–H and O–H groups in total. The number of nitrogens with zero attached hydrogens (tertiary/aromatic N) is 1. The summed E-state index contributed by atoms with van der Waals surface area (Å²) in [5.74, 6) is -0.0150. The molecule has 0 atom stereocenters. The summed E-state index contributed by atoms with van der Waals surface area (Å²) in [6.07, 6.45) is 5.13. The Labute approximate surface area is 130 Å². The van der Waals surface area contributed by atoms with Crippen LogP contribution in [-0.4, -0.2) is 10.8 Å². The van der Waals surface area contributed by atoms with E-state index in [0.717, 1.165) is 17.2 Å². The van der Waals surface area contributed by atoms with E-state index in [-0.39, 0.29) is 5.78 Å². The van der Waals surface area contributed by atoms with Crippen molar-refractivity contribution in [3.05, 3.63) is 77.6 Å². The second-order valence-corrected chi connectivity index (χ2v) is 5.51. The molecule has 0 saturated carbocycles. The minimum atomic E-state index is -0.0150. The lowest BCUT2D eigenvalue weighted by atomic mass is 10.0. The number of hydrogen-bond donors (Lipinski definition) is 0. The highest BCUT2D eigenvalue weighted by molar-refractivity contribution is 6.14. The molecule has 0 aliphatic rings. The highest BCUT2D eigenvalue weighted by atomic mass is 16.1. The number of aryl methyl sites for hydroxylation is 1. The number of carbonyl (C=O) groups excluding carboxylic acids is 1. The number of unbranched alkanes of at least 4 members (excludes halogenated alkanes) is 1. The topological polar surface area (TPSA) is 30.0 Å². The molecule has 0 bridgehead atoms. The zero-order valence-corrected chi connectivity index (χ0v) is 12.8. The molecule has 0 spiro atoms. The Morgan fingerprint density at radius 1 is 1.00 bits per heavy atom. The Balaban J connectivity index is 1.92. The van der Waals surface area contributed by atoms with Crippen LogP contribution in [0.5, 0.6) is 0 Å². The highest BCUT2D eigenvalue weighted by Gasteiger charge is 2.13. The molecule has 0 unspecified atom stereocenters. The number of fused-ring (bicyclic) bond motifs is 1. The first-order valence-electron chi connectivity index (χ1n) is 7.77. The lowest BCUT2D eigenvalue weighted by Gasteiger charge is -2.06. The summed E-state index contributed by atoms with van der Waals surface area (Å²) < 4.78 is 0. The van der Waals surface area contributed by atoms with Crippen molar-refractivity contribution in [1.82, 2.24) is 4.98 Å². The van der Waals surface area contributed by atoms with Gasteiger partial charge in [0.2, 0.25) is 5.78 Å². The number of hydrogen-bond acceptors (Lipinski definition) is 2. The average Bonchev–Trinajstić information content (AvgIpc) is 2.59. The van der Waals surface area contributed by atoms with Crippen LogP contribution in [-0.2, 0) is 6.42 Å². The molecule has 0 fully saturated rings. The second kappa shape index (κ2) is 6.52. The second-order valence-electron chi connectivity index (χ2n) is 5.51. The monoisotopic (exact) mass is 289 g/mol. The van der Waals surface area contributed by atoms with Crippen LogP contribution >= 0.6 is 0 Å². The standard InChI is InChI=1S/C20H19NO/c1-2-3-6-15-9-11-17(12-10-15)20(22)19-18-8-5-4-7-16(18)13-14-21-19/h4-5,7-14H,2-3,6H2,1H3. The van der Waals surface area contributed by atoms with Gasteiger partial charge in [0.1, 0.15) is 5.69 Å². The van der Waals surface area contributed by atoms with Crippen LogP contribution < -0.4 is 0 Å². The third-order valence-electron chi connectivity index (χ3n) is 3.92. The van der Waals surface area contributed by atoms with Crippen LogP contribution in [0.25, 0.3) is 10.8 Å². The summed E-state index contributed by atoms with van der Waals surface area (Å²) in [5, 5.41) is 1.95. The van der Waals surface area contributed by atoms with Crippen molar-refractivity contribution in [2.24, 2.45) is 0 Å². The lowest BCUT2D eigenvalue weighted by Crippen LogP contribution is -2.05. The molecule has 0 amide bonds. The first kappa shape index (κ1) is 14.5. The fourth-order valence-electron chi connectivity index (χ4n) is 2.64. The van der Waals surface area contributed by atoms with Gasteiger partial charge in [0.05, 0.1) is 0 Å². The summed E-state index contributed by atoms with van der Waals surface area (Å²) in [6, 6.07) is 17.7. The van der Waals surface area contributed by atoms with E-state index in [2.05, 4.69) is 11.9 Å². The number of carbonyl (C=O) groups is 1. The largest absolute Gasteiger partial charge is 0.287 e. The van der Waals surface area contributed by atoms with Crippen molar-refractivity contribution in [1.29, 1.82) is 0 Å². The van der Waals surface area contributed by atoms with Crippen LogP contribution in [0, 0.1) is 0 Å². The molecule has 110 valence electrons. The molecule has 2 heteroatoms. The van der Waals surface area contributed by atoms with Gasteiger partial charge in [-0.05, 0) is 29.9 Å². The molecule has 0 radical (unpaired) electrons. The third kappa shape index (κ3) is 2.91. The summed E-state index contributed by atoms with van der Waals surface area (Å²) >= 11 is 0. The van der Waals surface area contributed by atoms with Crippen LogP contribution in [0.3, 0.4) is 0 Å².